The van der Waals surface area contributed by atoms with Crippen LogP contribution in [0.2, 0.25) is 0 Å². The number of ether oxygens (including phenoxy) is 1. The van der Waals surface area contributed by atoms with Crippen LogP contribution in [0.25, 0.3) is 22.4 Å². The molecule has 0 bridgehead atoms. The van der Waals surface area contributed by atoms with Crippen LogP contribution >= 0.6 is 11.5 Å². The predicted molar refractivity (Wildman–Crippen MR) is 106 cm³/mol. The third-order valence-corrected chi connectivity index (χ3v) is 4.92. The number of hydrogen-bond donors (Lipinski definition) is 1. The molecule has 0 aliphatic rings. The molecule has 0 saturated carbocycles. The molecule has 0 radical (unpaired) electrons. The van der Waals surface area contributed by atoms with Crippen molar-refractivity contribution in [2.45, 2.75) is 13.8 Å². The molecule has 2 aromatic heterocycles. The van der Waals surface area contributed by atoms with Gasteiger partial charge in [-0.1, -0.05) is 11.6 Å². The van der Waals surface area contributed by atoms with Crippen molar-refractivity contribution in [2.24, 2.45) is 0 Å². The van der Waals surface area contributed by atoms with Crippen molar-refractivity contribution >= 4 is 33.5 Å². The average Bonchev–Trinajstić information content (AvgIpc) is 3.27. The fourth-order valence-corrected chi connectivity index (χ4v) is 3.42. The number of furan rings is 1. The van der Waals surface area contributed by atoms with Gasteiger partial charge in [0, 0.05) is 28.0 Å². The Morgan fingerprint density at radius 2 is 1.93 bits per heavy atom. The van der Waals surface area contributed by atoms with Gasteiger partial charge >= 0.3 is 0 Å². The molecule has 6 nitrogen and oxygen atoms in total. The Morgan fingerprint density at radius 3 is 2.67 bits per heavy atom. The summed E-state index contributed by atoms with van der Waals surface area (Å²) in [5.41, 5.74) is 3.47. The molecule has 0 aliphatic heterocycles. The molecule has 0 fully saturated rings. The smallest absolute Gasteiger partial charge is 0.293 e. The Morgan fingerprint density at radius 1 is 1.15 bits per heavy atom. The molecular formula is C20H17N3O3S. The number of amides is 1. The number of rotatable bonds is 4. The van der Waals surface area contributed by atoms with E-state index in [0.29, 0.717) is 16.5 Å². The van der Waals surface area contributed by atoms with Gasteiger partial charge in [0.15, 0.2) is 11.6 Å². The molecule has 0 unspecified atom stereocenters. The Kier molecular flexibility index (Phi) is 4.37. The van der Waals surface area contributed by atoms with Crippen LogP contribution in [0.5, 0.6) is 5.75 Å². The Hall–Kier alpha value is -3.19. The van der Waals surface area contributed by atoms with E-state index in [0.717, 1.165) is 39.4 Å². The summed E-state index contributed by atoms with van der Waals surface area (Å²) in [5, 5.41) is 4.13. The normalized spacial score (nSPS) is 10.9. The number of benzene rings is 2. The second-order valence-corrected chi connectivity index (χ2v) is 6.91. The number of aromatic nitrogens is 2. The molecule has 0 spiro atoms. The molecule has 136 valence electrons. The zero-order valence-corrected chi connectivity index (χ0v) is 15.9. The van der Waals surface area contributed by atoms with Crippen LogP contribution in [0.4, 0.5) is 5.13 Å². The maximum absolute atomic E-state index is 12.6. The zero-order valence-electron chi connectivity index (χ0n) is 15.1. The van der Waals surface area contributed by atoms with Crippen LogP contribution in [0.3, 0.4) is 0 Å². The second-order valence-electron chi connectivity index (χ2n) is 6.16. The molecule has 2 aromatic carbocycles. The number of aryl methyl sites for hydroxylation is 2. The Balaban J connectivity index is 1.57. The van der Waals surface area contributed by atoms with Crippen LogP contribution in [0.1, 0.15) is 21.7 Å². The lowest BCUT2D eigenvalue weighted by atomic mass is 10.1. The van der Waals surface area contributed by atoms with Crippen LogP contribution in [-0.4, -0.2) is 22.4 Å². The van der Waals surface area contributed by atoms with Crippen LogP contribution in [0.15, 0.2) is 46.9 Å². The minimum absolute atomic E-state index is 0.289. The van der Waals surface area contributed by atoms with E-state index >= 15 is 0 Å². The summed E-state index contributed by atoms with van der Waals surface area (Å²) in [6.07, 6.45) is 0. The fourth-order valence-electron chi connectivity index (χ4n) is 2.84. The van der Waals surface area contributed by atoms with Crippen molar-refractivity contribution in [3.05, 3.63) is 59.4 Å². The highest BCUT2D eigenvalue weighted by molar-refractivity contribution is 7.10. The van der Waals surface area contributed by atoms with E-state index < -0.39 is 0 Å². The summed E-state index contributed by atoms with van der Waals surface area (Å²) in [7, 11) is 1.62. The minimum atomic E-state index is -0.334. The van der Waals surface area contributed by atoms with Gasteiger partial charge in [0.1, 0.15) is 11.3 Å². The van der Waals surface area contributed by atoms with E-state index in [2.05, 4.69) is 14.7 Å². The molecule has 7 heteroatoms. The topological polar surface area (TPSA) is 77.2 Å². The average molecular weight is 379 g/mol. The van der Waals surface area contributed by atoms with E-state index in [1.165, 1.54) is 0 Å². The monoisotopic (exact) mass is 379 g/mol. The van der Waals surface area contributed by atoms with E-state index in [1.807, 2.05) is 56.3 Å². The van der Waals surface area contributed by atoms with Crippen molar-refractivity contribution in [2.75, 3.05) is 12.4 Å². The molecule has 1 N–H and O–H groups in total. The van der Waals surface area contributed by atoms with Gasteiger partial charge in [-0.3, -0.25) is 10.1 Å². The van der Waals surface area contributed by atoms with E-state index in [9.17, 15) is 4.79 Å². The third kappa shape index (κ3) is 3.29. The van der Waals surface area contributed by atoms with Crippen molar-refractivity contribution < 1.29 is 13.9 Å². The highest BCUT2D eigenvalue weighted by atomic mass is 32.1. The van der Waals surface area contributed by atoms with E-state index in [4.69, 9.17) is 9.15 Å². The first kappa shape index (κ1) is 17.2. The zero-order chi connectivity index (χ0) is 19.0. The first-order chi connectivity index (χ1) is 13.0. The SMILES string of the molecule is COc1ccc(-c2nsc(NC(=O)c3oc4ccc(C)cc4c3C)n2)cc1. The fraction of sp³-hybridized carbons (Fsp3) is 0.150. The number of methoxy groups -OCH3 is 1. The Bertz CT molecular complexity index is 1130. The first-order valence-corrected chi connectivity index (χ1v) is 9.12. The van der Waals surface area contributed by atoms with Gasteiger partial charge in [-0.15, -0.1) is 0 Å². The third-order valence-electron chi connectivity index (χ3n) is 4.29. The van der Waals surface area contributed by atoms with Crippen LogP contribution in [0, 0.1) is 13.8 Å². The van der Waals surface area contributed by atoms with Crippen LogP contribution in [-0.2, 0) is 0 Å². The summed E-state index contributed by atoms with van der Waals surface area (Å²) in [6, 6.07) is 13.3. The summed E-state index contributed by atoms with van der Waals surface area (Å²) in [4.78, 5) is 17.0. The molecule has 0 saturated heterocycles. The summed E-state index contributed by atoms with van der Waals surface area (Å²) < 4.78 is 15.2. The molecule has 0 aliphatic carbocycles. The molecule has 2 heterocycles. The van der Waals surface area contributed by atoms with Gasteiger partial charge in [0.05, 0.1) is 7.11 Å². The molecule has 27 heavy (non-hydrogen) atoms. The quantitative estimate of drug-likeness (QED) is 0.549. The second kappa shape index (κ2) is 6.85. The lowest BCUT2D eigenvalue weighted by molar-refractivity contribution is 0.0998. The molecule has 4 rings (SSSR count). The number of anilines is 1. The lowest BCUT2D eigenvalue weighted by Gasteiger charge is -2.00. The number of carbonyl (C=O) groups is 1. The van der Waals surface area contributed by atoms with E-state index in [-0.39, 0.29) is 11.7 Å². The van der Waals surface area contributed by atoms with Gasteiger partial charge in [-0.25, -0.2) is 0 Å². The molecule has 1 amide bonds. The molecule has 4 aromatic rings. The minimum Gasteiger partial charge on any atom is -0.497 e. The van der Waals surface area contributed by atoms with Gasteiger partial charge in [0.25, 0.3) is 5.91 Å². The van der Waals surface area contributed by atoms with Crippen molar-refractivity contribution in [1.29, 1.82) is 0 Å². The lowest BCUT2D eigenvalue weighted by Crippen LogP contribution is -2.11. The molecular weight excluding hydrogens is 362 g/mol. The maximum Gasteiger partial charge on any atom is 0.293 e. The largest absolute Gasteiger partial charge is 0.497 e. The summed E-state index contributed by atoms with van der Waals surface area (Å²) >= 11 is 1.13. The predicted octanol–water partition coefficient (Wildman–Crippen LogP) is 4.83. The number of nitrogens with zero attached hydrogens (tertiary/aromatic N) is 2. The highest BCUT2D eigenvalue weighted by Gasteiger charge is 2.19. The molecule has 0 atom stereocenters. The number of hydrogen-bond acceptors (Lipinski definition) is 6. The van der Waals surface area contributed by atoms with Crippen LogP contribution < -0.4 is 10.1 Å². The van der Waals surface area contributed by atoms with Gasteiger partial charge in [-0.05, 0) is 50.2 Å². The highest BCUT2D eigenvalue weighted by Crippen LogP contribution is 2.28. The number of carbonyl (C=O) groups excluding carboxylic acids is 1. The number of nitrogens with one attached hydrogen (secondary N) is 1. The van der Waals surface area contributed by atoms with Gasteiger partial charge in [-0.2, -0.15) is 9.36 Å². The standard InChI is InChI=1S/C20H17N3O3S/c1-11-4-9-16-15(10-11)12(2)17(26-16)19(24)22-20-21-18(23-27-20)13-5-7-14(25-3)8-6-13/h4-10H,1-3H3,(H,21,22,23,24). The van der Waals surface area contributed by atoms with Gasteiger partial charge in [0.2, 0.25) is 5.13 Å². The summed E-state index contributed by atoms with van der Waals surface area (Å²) in [5.74, 6) is 1.27. The Labute approximate surface area is 160 Å². The number of fused-ring (bicyclic) bond motifs is 1. The van der Waals surface area contributed by atoms with Crippen molar-refractivity contribution in [3.63, 3.8) is 0 Å². The summed E-state index contributed by atoms with van der Waals surface area (Å²) in [6.45, 7) is 3.89. The maximum atomic E-state index is 12.6. The first-order valence-electron chi connectivity index (χ1n) is 8.34. The van der Waals surface area contributed by atoms with Crippen molar-refractivity contribution in [1.82, 2.24) is 9.36 Å². The van der Waals surface area contributed by atoms with Crippen molar-refractivity contribution in [3.8, 4) is 17.1 Å². The van der Waals surface area contributed by atoms with Gasteiger partial charge < -0.3 is 9.15 Å². The van der Waals surface area contributed by atoms with E-state index in [1.54, 1.807) is 7.11 Å².